The van der Waals surface area contributed by atoms with Crippen LogP contribution < -0.4 is 10.6 Å². The van der Waals surface area contributed by atoms with E-state index in [1.54, 1.807) is 0 Å². The quantitative estimate of drug-likeness (QED) is 0.849. The Balaban J connectivity index is 2.04. The van der Waals surface area contributed by atoms with Crippen LogP contribution in [0.15, 0.2) is 53.0 Å². The molecule has 0 aromatic heterocycles. The van der Waals surface area contributed by atoms with Crippen LogP contribution in [0.5, 0.6) is 0 Å². The number of hydrogen-bond acceptors (Lipinski definition) is 2. The predicted molar refractivity (Wildman–Crippen MR) is 90.1 cm³/mol. The molecule has 0 aliphatic rings. The maximum Gasteiger partial charge on any atom is 0.221 e. The summed E-state index contributed by atoms with van der Waals surface area (Å²) in [7, 11) is 0. The van der Waals surface area contributed by atoms with Gasteiger partial charge in [0, 0.05) is 29.7 Å². The molecular formula is C17H19BrN2O. The van der Waals surface area contributed by atoms with Gasteiger partial charge < -0.3 is 10.6 Å². The molecule has 110 valence electrons. The lowest BCUT2D eigenvalue weighted by Crippen LogP contribution is -2.19. The number of anilines is 1. The molecule has 2 aromatic carbocycles. The van der Waals surface area contributed by atoms with E-state index in [2.05, 4.69) is 45.6 Å². The number of para-hydroxylation sites is 1. The Morgan fingerprint density at radius 3 is 2.67 bits per heavy atom. The fourth-order valence-corrected chi connectivity index (χ4v) is 2.56. The Kier molecular flexibility index (Phi) is 5.53. The van der Waals surface area contributed by atoms with Crippen LogP contribution in [0, 0.1) is 0 Å². The molecule has 0 radical (unpaired) electrons. The van der Waals surface area contributed by atoms with Crippen LogP contribution in [0.1, 0.15) is 31.0 Å². The van der Waals surface area contributed by atoms with Crippen molar-refractivity contribution in [1.29, 1.82) is 0 Å². The molecule has 4 heteroatoms. The second kappa shape index (κ2) is 7.38. The van der Waals surface area contributed by atoms with Crippen LogP contribution in [0.3, 0.4) is 0 Å². The fraction of sp³-hybridized carbons (Fsp3) is 0.235. The van der Waals surface area contributed by atoms with Crippen LogP contribution in [0.4, 0.5) is 5.69 Å². The van der Waals surface area contributed by atoms with Gasteiger partial charge in [0.1, 0.15) is 0 Å². The van der Waals surface area contributed by atoms with Crippen LogP contribution in [-0.4, -0.2) is 5.91 Å². The molecule has 1 amide bonds. The van der Waals surface area contributed by atoms with Crippen molar-refractivity contribution in [2.24, 2.45) is 0 Å². The van der Waals surface area contributed by atoms with Gasteiger partial charge in [-0.05, 0) is 36.2 Å². The van der Waals surface area contributed by atoms with Gasteiger partial charge >= 0.3 is 0 Å². The van der Waals surface area contributed by atoms with Crippen molar-refractivity contribution in [3.63, 3.8) is 0 Å². The van der Waals surface area contributed by atoms with E-state index in [9.17, 15) is 4.79 Å². The van der Waals surface area contributed by atoms with E-state index in [-0.39, 0.29) is 11.9 Å². The van der Waals surface area contributed by atoms with E-state index in [0.717, 1.165) is 15.7 Å². The molecule has 0 aliphatic carbocycles. The number of benzene rings is 2. The van der Waals surface area contributed by atoms with E-state index >= 15 is 0 Å². The average Bonchev–Trinajstić information content (AvgIpc) is 2.45. The van der Waals surface area contributed by atoms with Crippen molar-refractivity contribution >= 4 is 27.5 Å². The summed E-state index contributed by atoms with van der Waals surface area (Å²) in [5, 5.41) is 6.34. The molecule has 0 aliphatic heterocycles. The van der Waals surface area contributed by atoms with Gasteiger partial charge in [-0.25, -0.2) is 0 Å². The number of rotatable bonds is 5. The van der Waals surface area contributed by atoms with Crippen molar-refractivity contribution < 1.29 is 4.79 Å². The lowest BCUT2D eigenvalue weighted by atomic mass is 10.1. The summed E-state index contributed by atoms with van der Waals surface area (Å²) in [4.78, 5) is 11.2. The SMILES string of the molecule is CC(=O)Nc1ccccc1CN[C@H](C)c1cccc(Br)c1. The number of hydrogen-bond donors (Lipinski definition) is 2. The molecular weight excluding hydrogens is 328 g/mol. The van der Waals surface area contributed by atoms with Crippen molar-refractivity contribution in [3.8, 4) is 0 Å². The molecule has 0 bridgehead atoms. The standard InChI is InChI=1S/C17H19BrN2O/c1-12(14-7-5-8-16(18)10-14)19-11-15-6-3-4-9-17(15)20-13(2)21/h3-10,12,19H,11H2,1-2H3,(H,20,21)/t12-/m1/s1. The van der Waals surface area contributed by atoms with Crippen molar-refractivity contribution in [1.82, 2.24) is 5.32 Å². The Hall–Kier alpha value is -1.65. The first-order valence-electron chi connectivity index (χ1n) is 6.90. The summed E-state index contributed by atoms with van der Waals surface area (Å²) < 4.78 is 1.08. The third kappa shape index (κ3) is 4.69. The lowest BCUT2D eigenvalue weighted by molar-refractivity contribution is -0.114. The summed E-state index contributed by atoms with van der Waals surface area (Å²) in [5.41, 5.74) is 3.16. The molecule has 2 N–H and O–H groups in total. The molecule has 0 heterocycles. The first-order valence-corrected chi connectivity index (χ1v) is 7.70. The van der Waals surface area contributed by atoms with E-state index in [0.29, 0.717) is 6.54 Å². The van der Waals surface area contributed by atoms with E-state index in [1.807, 2.05) is 36.4 Å². The van der Waals surface area contributed by atoms with Gasteiger partial charge in [-0.15, -0.1) is 0 Å². The molecule has 0 spiro atoms. The lowest BCUT2D eigenvalue weighted by Gasteiger charge is -2.16. The highest BCUT2D eigenvalue weighted by molar-refractivity contribution is 9.10. The topological polar surface area (TPSA) is 41.1 Å². The van der Waals surface area contributed by atoms with Gasteiger partial charge in [-0.3, -0.25) is 4.79 Å². The Labute approximate surface area is 133 Å². The molecule has 2 aromatic rings. The molecule has 0 fully saturated rings. The minimum absolute atomic E-state index is 0.0533. The van der Waals surface area contributed by atoms with Crippen molar-refractivity contribution in [2.45, 2.75) is 26.4 Å². The fourth-order valence-electron chi connectivity index (χ4n) is 2.14. The highest BCUT2D eigenvalue weighted by atomic mass is 79.9. The Bertz CT molecular complexity index is 628. The number of amides is 1. The predicted octanol–water partition coefficient (Wildman–Crippen LogP) is 4.26. The first kappa shape index (κ1) is 15.7. The van der Waals surface area contributed by atoms with Crippen LogP contribution >= 0.6 is 15.9 Å². The second-order valence-electron chi connectivity index (χ2n) is 5.00. The monoisotopic (exact) mass is 346 g/mol. The van der Waals surface area contributed by atoms with E-state index in [4.69, 9.17) is 0 Å². The first-order chi connectivity index (χ1) is 10.1. The van der Waals surface area contributed by atoms with Crippen molar-refractivity contribution in [2.75, 3.05) is 5.32 Å². The molecule has 0 unspecified atom stereocenters. The number of carbonyl (C=O) groups excluding carboxylic acids is 1. The van der Waals surface area contributed by atoms with Crippen LogP contribution in [-0.2, 0) is 11.3 Å². The average molecular weight is 347 g/mol. The molecule has 21 heavy (non-hydrogen) atoms. The van der Waals surface area contributed by atoms with Gasteiger partial charge in [0.05, 0.1) is 0 Å². The minimum atomic E-state index is -0.0533. The molecule has 0 saturated carbocycles. The highest BCUT2D eigenvalue weighted by Crippen LogP contribution is 2.20. The normalized spacial score (nSPS) is 12.0. The third-order valence-corrected chi connectivity index (χ3v) is 3.77. The number of halogens is 1. The molecule has 1 atom stereocenters. The maximum absolute atomic E-state index is 11.2. The number of carbonyl (C=O) groups is 1. The van der Waals surface area contributed by atoms with Crippen molar-refractivity contribution in [3.05, 3.63) is 64.1 Å². The molecule has 0 saturated heterocycles. The maximum atomic E-state index is 11.2. The smallest absolute Gasteiger partial charge is 0.221 e. The van der Waals surface area contributed by atoms with Gasteiger partial charge in [0.25, 0.3) is 0 Å². The largest absolute Gasteiger partial charge is 0.326 e. The zero-order valence-corrected chi connectivity index (χ0v) is 13.8. The zero-order chi connectivity index (χ0) is 15.2. The van der Waals surface area contributed by atoms with Gasteiger partial charge in [-0.1, -0.05) is 46.3 Å². The summed E-state index contributed by atoms with van der Waals surface area (Å²) in [6.07, 6.45) is 0. The second-order valence-corrected chi connectivity index (χ2v) is 5.91. The highest BCUT2D eigenvalue weighted by Gasteiger charge is 2.08. The van der Waals surface area contributed by atoms with Gasteiger partial charge in [0.2, 0.25) is 5.91 Å². The van der Waals surface area contributed by atoms with Gasteiger partial charge in [0.15, 0.2) is 0 Å². The van der Waals surface area contributed by atoms with Crippen LogP contribution in [0.25, 0.3) is 0 Å². The zero-order valence-electron chi connectivity index (χ0n) is 12.2. The summed E-state index contributed by atoms with van der Waals surface area (Å²) in [6, 6.07) is 16.3. The number of nitrogens with one attached hydrogen (secondary N) is 2. The molecule has 2 rings (SSSR count). The minimum Gasteiger partial charge on any atom is -0.326 e. The molecule has 3 nitrogen and oxygen atoms in total. The van der Waals surface area contributed by atoms with Gasteiger partial charge in [-0.2, -0.15) is 0 Å². The van der Waals surface area contributed by atoms with E-state index < -0.39 is 0 Å². The van der Waals surface area contributed by atoms with Crippen LogP contribution in [0.2, 0.25) is 0 Å². The summed E-state index contributed by atoms with van der Waals surface area (Å²) in [5.74, 6) is -0.0533. The Morgan fingerprint density at radius 1 is 1.19 bits per heavy atom. The third-order valence-electron chi connectivity index (χ3n) is 3.28. The summed E-state index contributed by atoms with van der Waals surface area (Å²) >= 11 is 3.49. The van der Waals surface area contributed by atoms with E-state index in [1.165, 1.54) is 12.5 Å². The Morgan fingerprint density at radius 2 is 1.95 bits per heavy atom. The summed E-state index contributed by atoms with van der Waals surface area (Å²) in [6.45, 7) is 4.35.